The highest BCUT2D eigenvalue weighted by atomic mass is 79.9. The fourth-order valence-electron chi connectivity index (χ4n) is 3.11. The maximum atomic E-state index is 13.4. The first kappa shape index (κ1) is 26.0. The fraction of sp³-hybridized carbons (Fsp3) is 0.174. The van der Waals surface area contributed by atoms with Crippen LogP contribution < -0.4 is 5.32 Å². The van der Waals surface area contributed by atoms with Crippen molar-refractivity contribution in [2.45, 2.75) is 24.4 Å². The Morgan fingerprint density at radius 2 is 1.61 bits per heavy atom. The quantitative estimate of drug-likeness (QED) is 0.327. The molecule has 0 aliphatic heterocycles. The molecule has 0 bridgehead atoms. The minimum Gasteiger partial charge on any atom is -0.348 e. The van der Waals surface area contributed by atoms with Gasteiger partial charge in [0.1, 0.15) is 0 Å². The molecule has 0 fully saturated rings. The lowest BCUT2D eigenvalue weighted by Gasteiger charge is -2.23. The molecule has 3 rings (SSSR count). The van der Waals surface area contributed by atoms with Gasteiger partial charge in [-0.1, -0.05) is 68.9 Å². The molecule has 1 N–H and O–H groups in total. The fourth-order valence-corrected chi connectivity index (χ4v) is 5.20. The van der Waals surface area contributed by atoms with Gasteiger partial charge in [-0.3, -0.25) is 4.79 Å². The summed E-state index contributed by atoms with van der Waals surface area (Å²) in [7, 11) is -3.98. The molecule has 0 aliphatic carbocycles. The minimum absolute atomic E-state index is 0.0575. The second-order valence-corrected chi connectivity index (χ2v) is 11.4. The van der Waals surface area contributed by atoms with Gasteiger partial charge in [-0.05, 0) is 66.6 Å². The normalized spacial score (nSPS) is 12.5. The van der Waals surface area contributed by atoms with Crippen LogP contribution in [0.4, 0.5) is 0 Å². The Labute approximate surface area is 216 Å². The number of carbonyl (C=O) groups excluding carboxylic acids is 1. The van der Waals surface area contributed by atoms with Gasteiger partial charge < -0.3 is 5.32 Å². The molecule has 3 aromatic rings. The van der Waals surface area contributed by atoms with Crippen LogP contribution in [0.5, 0.6) is 0 Å². The first-order valence-corrected chi connectivity index (χ1v) is 13.2. The highest BCUT2D eigenvalue weighted by Gasteiger charge is 2.27. The smallest absolute Gasteiger partial charge is 0.243 e. The van der Waals surface area contributed by atoms with E-state index in [2.05, 4.69) is 21.2 Å². The van der Waals surface area contributed by atoms with Gasteiger partial charge in [0.05, 0.1) is 27.5 Å². The third kappa shape index (κ3) is 6.94. The number of hydrogen-bond acceptors (Lipinski definition) is 3. The van der Waals surface area contributed by atoms with E-state index in [4.69, 9.17) is 34.8 Å². The van der Waals surface area contributed by atoms with Crippen molar-refractivity contribution >= 4 is 66.7 Å². The van der Waals surface area contributed by atoms with E-state index in [9.17, 15) is 13.2 Å². The number of halogens is 4. The maximum Gasteiger partial charge on any atom is 0.243 e. The third-order valence-corrected chi connectivity index (χ3v) is 8.19. The molecule has 174 valence electrons. The molecule has 0 aromatic heterocycles. The van der Waals surface area contributed by atoms with Gasteiger partial charge in [-0.15, -0.1) is 0 Å². The summed E-state index contributed by atoms with van der Waals surface area (Å²) < 4.78 is 28.6. The second-order valence-electron chi connectivity index (χ2n) is 7.32. The minimum atomic E-state index is -3.98. The van der Waals surface area contributed by atoms with Crippen LogP contribution in [0.25, 0.3) is 0 Å². The van der Waals surface area contributed by atoms with Gasteiger partial charge in [-0.2, -0.15) is 4.31 Å². The second kappa shape index (κ2) is 11.2. The third-order valence-electron chi connectivity index (χ3n) is 4.86. The molecule has 5 nitrogen and oxygen atoms in total. The summed E-state index contributed by atoms with van der Waals surface area (Å²) in [6.45, 7) is 1.38. The number of hydrogen-bond donors (Lipinski definition) is 1. The molecule has 1 atom stereocenters. The average Bonchev–Trinajstić information content (AvgIpc) is 2.76. The van der Waals surface area contributed by atoms with E-state index in [0.717, 1.165) is 14.3 Å². The molecule has 10 heteroatoms. The van der Waals surface area contributed by atoms with Crippen molar-refractivity contribution in [3.8, 4) is 0 Å². The largest absolute Gasteiger partial charge is 0.348 e. The van der Waals surface area contributed by atoms with Gasteiger partial charge in [0.15, 0.2) is 0 Å². The van der Waals surface area contributed by atoms with Gasteiger partial charge >= 0.3 is 0 Å². The van der Waals surface area contributed by atoms with E-state index in [1.807, 2.05) is 6.92 Å². The Hall–Kier alpha value is -1.61. The zero-order valence-corrected chi connectivity index (χ0v) is 22.1. The van der Waals surface area contributed by atoms with Crippen molar-refractivity contribution in [3.05, 3.63) is 97.4 Å². The Kier molecular flexibility index (Phi) is 8.83. The van der Waals surface area contributed by atoms with Crippen LogP contribution in [0, 0.1) is 0 Å². The molecule has 0 spiro atoms. The average molecular weight is 591 g/mol. The van der Waals surface area contributed by atoms with Gasteiger partial charge in [-0.25, -0.2) is 8.42 Å². The molecule has 0 aliphatic rings. The number of nitrogens with zero attached hydrogens (tertiary/aromatic N) is 1. The van der Waals surface area contributed by atoms with Crippen molar-refractivity contribution in [1.29, 1.82) is 0 Å². The van der Waals surface area contributed by atoms with E-state index >= 15 is 0 Å². The summed E-state index contributed by atoms with van der Waals surface area (Å²) in [5, 5.41) is 4.09. The number of amides is 1. The van der Waals surface area contributed by atoms with E-state index in [1.165, 1.54) is 12.1 Å². The highest BCUT2D eigenvalue weighted by molar-refractivity contribution is 9.10. The maximum absolute atomic E-state index is 13.4. The SMILES string of the molecule is CC(NC(=O)CN(Cc1ccc(Cl)c(Cl)c1)S(=O)(=O)c1ccc(Br)cc1)c1ccc(Cl)cc1. The molecule has 1 amide bonds. The van der Waals surface area contributed by atoms with E-state index < -0.39 is 15.9 Å². The molecule has 3 aromatic carbocycles. The molecule has 33 heavy (non-hydrogen) atoms. The summed E-state index contributed by atoms with van der Waals surface area (Å²) >= 11 is 21.3. The number of nitrogens with one attached hydrogen (secondary N) is 1. The Balaban J connectivity index is 1.85. The zero-order valence-electron chi connectivity index (χ0n) is 17.4. The summed E-state index contributed by atoms with van der Waals surface area (Å²) in [6.07, 6.45) is 0. The van der Waals surface area contributed by atoms with Gasteiger partial charge in [0.25, 0.3) is 0 Å². The molecule has 0 heterocycles. The van der Waals surface area contributed by atoms with Crippen LogP contribution in [-0.4, -0.2) is 25.2 Å². The number of benzene rings is 3. The van der Waals surface area contributed by atoms with Crippen LogP contribution in [0.3, 0.4) is 0 Å². The molecule has 0 saturated carbocycles. The van der Waals surface area contributed by atoms with Crippen molar-refractivity contribution < 1.29 is 13.2 Å². The lowest BCUT2D eigenvalue weighted by molar-refractivity contribution is -0.122. The van der Waals surface area contributed by atoms with Crippen LogP contribution in [-0.2, 0) is 21.4 Å². The van der Waals surface area contributed by atoms with Crippen molar-refractivity contribution in [1.82, 2.24) is 9.62 Å². The van der Waals surface area contributed by atoms with E-state index in [1.54, 1.807) is 54.6 Å². The first-order chi connectivity index (χ1) is 15.6. The predicted molar refractivity (Wildman–Crippen MR) is 136 cm³/mol. The van der Waals surface area contributed by atoms with Crippen molar-refractivity contribution in [3.63, 3.8) is 0 Å². The Morgan fingerprint density at radius 1 is 0.970 bits per heavy atom. The first-order valence-electron chi connectivity index (χ1n) is 9.81. The summed E-state index contributed by atoms with van der Waals surface area (Å²) in [5.74, 6) is -0.446. The molecular weight excluding hydrogens is 571 g/mol. The number of rotatable bonds is 8. The van der Waals surface area contributed by atoms with Crippen molar-refractivity contribution in [2.75, 3.05) is 6.54 Å². The standard InChI is InChI=1S/C23H20BrCl3N2O3S/c1-15(17-3-7-19(25)8-4-17)28-23(30)14-29(13-16-2-11-21(26)22(27)12-16)33(31,32)20-9-5-18(24)6-10-20/h2-12,15H,13-14H2,1H3,(H,28,30). The van der Waals surface area contributed by atoms with Gasteiger partial charge in [0.2, 0.25) is 15.9 Å². The molecule has 0 radical (unpaired) electrons. The Bertz CT molecular complexity index is 1240. The van der Waals surface area contributed by atoms with E-state index in [0.29, 0.717) is 20.6 Å². The topological polar surface area (TPSA) is 66.5 Å². The lowest BCUT2D eigenvalue weighted by atomic mass is 10.1. The number of carbonyl (C=O) groups is 1. The van der Waals surface area contributed by atoms with Crippen LogP contribution in [0.1, 0.15) is 24.1 Å². The van der Waals surface area contributed by atoms with Crippen molar-refractivity contribution in [2.24, 2.45) is 0 Å². The molecule has 0 saturated heterocycles. The summed E-state index contributed by atoms with van der Waals surface area (Å²) in [4.78, 5) is 12.9. The zero-order chi connectivity index (χ0) is 24.2. The van der Waals surface area contributed by atoms with E-state index in [-0.39, 0.29) is 24.0 Å². The molecule has 1 unspecified atom stereocenters. The summed E-state index contributed by atoms with van der Waals surface area (Å²) in [6, 6.07) is 17.8. The van der Waals surface area contributed by atoms with Crippen LogP contribution >= 0.6 is 50.7 Å². The lowest BCUT2D eigenvalue weighted by Crippen LogP contribution is -2.41. The highest BCUT2D eigenvalue weighted by Crippen LogP contribution is 2.26. The number of sulfonamides is 1. The predicted octanol–water partition coefficient (Wildman–Crippen LogP) is 6.48. The van der Waals surface area contributed by atoms with Crippen LogP contribution in [0.2, 0.25) is 15.1 Å². The monoisotopic (exact) mass is 588 g/mol. The summed E-state index contributed by atoms with van der Waals surface area (Å²) in [5.41, 5.74) is 1.45. The van der Waals surface area contributed by atoms with Gasteiger partial charge in [0, 0.05) is 16.0 Å². The molecular formula is C23H20BrCl3N2O3S. The van der Waals surface area contributed by atoms with Crippen LogP contribution in [0.15, 0.2) is 76.1 Å². The Morgan fingerprint density at radius 3 is 2.21 bits per heavy atom.